The second-order valence-corrected chi connectivity index (χ2v) is 7.64. The highest BCUT2D eigenvalue weighted by Gasteiger charge is 2.46. The van der Waals surface area contributed by atoms with Gasteiger partial charge in [-0.1, -0.05) is 0 Å². The Morgan fingerprint density at radius 3 is 2.73 bits per heavy atom. The van der Waals surface area contributed by atoms with E-state index < -0.39 is 19.6 Å². The molecular formula is C14H22N5O6P. The number of nitrogen functional groups attached to an aromatic ring is 1. The molecule has 1 aliphatic rings. The molecule has 0 amide bonds. The van der Waals surface area contributed by atoms with Gasteiger partial charge in [0.25, 0.3) is 5.91 Å². The van der Waals surface area contributed by atoms with Gasteiger partial charge in [0.2, 0.25) is 0 Å². The number of ether oxygens (including phenoxy) is 2. The van der Waals surface area contributed by atoms with E-state index in [1.165, 1.54) is 17.2 Å². The number of aromatic nitrogens is 4. The molecule has 2 aromatic heterocycles. The van der Waals surface area contributed by atoms with E-state index in [4.69, 9.17) is 24.3 Å². The second-order valence-electron chi connectivity index (χ2n) is 5.65. The van der Waals surface area contributed by atoms with E-state index in [9.17, 15) is 9.67 Å². The fourth-order valence-corrected chi connectivity index (χ4v) is 4.14. The lowest BCUT2D eigenvalue weighted by Crippen LogP contribution is -2.37. The molecule has 12 heteroatoms. The first-order chi connectivity index (χ1) is 12.4. The fraction of sp³-hybridized carbons (Fsp3) is 0.643. The summed E-state index contributed by atoms with van der Waals surface area (Å²) in [7, 11) is -3.48. The molecule has 0 aliphatic carbocycles. The number of imidazole rings is 1. The first kappa shape index (κ1) is 19.2. The maximum atomic E-state index is 12.7. The fourth-order valence-electron chi connectivity index (χ4n) is 2.77. The minimum absolute atomic E-state index is 0.0355. The van der Waals surface area contributed by atoms with Crippen LogP contribution in [0.5, 0.6) is 0 Å². The molecule has 3 rings (SSSR count). The standard InChI is InChI=1S/C14H22N5O6P/c1-3-24-26(21,25-4-2)9-23-14(5-10(20)6-22-14)19-8-18-11-12(15)16-7-17-13(11)19/h7-8,10,20H,3-6,9H2,1-2H3,(H2,15,16,17)/t10-,14-/m0/s1. The number of aliphatic hydroxyl groups is 1. The summed E-state index contributed by atoms with van der Waals surface area (Å²) < 4.78 is 36.3. The zero-order chi connectivity index (χ0) is 18.8. The number of hydrogen-bond donors (Lipinski definition) is 2. The van der Waals surface area contributed by atoms with Crippen LogP contribution in [-0.4, -0.2) is 56.9 Å². The number of hydrogen-bond acceptors (Lipinski definition) is 10. The topological polar surface area (TPSA) is 144 Å². The summed E-state index contributed by atoms with van der Waals surface area (Å²) in [5.41, 5.74) is 6.56. The van der Waals surface area contributed by atoms with Crippen molar-refractivity contribution in [3.05, 3.63) is 12.7 Å². The smallest absolute Gasteiger partial charge is 0.356 e. The van der Waals surface area contributed by atoms with Crippen LogP contribution >= 0.6 is 7.60 Å². The van der Waals surface area contributed by atoms with E-state index >= 15 is 0 Å². The largest absolute Gasteiger partial charge is 0.390 e. The highest BCUT2D eigenvalue weighted by atomic mass is 31.2. The van der Waals surface area contributed by atoms with Crippen LogP contribution in [-0.2, 0) is 29.0 Å². The molecule has 11 nitrogen and oxygen atoms in total. The Balaban J connectivity index is 1.94. The SMILES string of the molecule is CCOP(=O)(CO[C@]1(n2cnc3c(N)ncnc32)C[C@H](O)CO1)OCC. The summed E-state index contributed by atoms with van der Waals surface area (Å²) >= 11 is 0. The minimum atomic E-state index is -3.48. The molecule has 2 atom stereocenters. The molecule has 0 aromatic carbocycles. The van der Waals surface area contributed by atoms with E-state index in [-0.39, 0.29) is 38.4 Å². The molecule has 0 bridgehead atoms. The number of nitrogens with two attached hydrogens (primary N) is 1. The Hall–Kier alpha value is -1.62. The highest BCUT2D eigenvalue weighted by molar-refractivity contribution is 7.53. The summed E-state index contributed by atoms with van der Waals surface area (Å²) in [5.74, 6) is -1.25. The van der Waals surface area contributed by atoms with Crippen molar-refractivity contribution in [2.75, 3.05) is 31.9 Å². The number of fused-ring (bicyclic) bond motifs is 1. The molecule has 26 heavy (non-hydrogen) atoms. The predicted molar refractivity (Wildman–Crippen MR) is 91.1 cm³/mol. The van der Waals surface area contributed by atoms with Gasteiger partial charge in [-0.05, 0) is 13.8 Å². The summed E-state index contributed by atoms with van der Waals surface area (Å²) in [4.78, 5) is 12.3. The third-order valence-electron chi connectivity index (χ3n) is 3.82. The molecule has 1 aliphatic heterocycles. The monoisotopic (exact) mass is 387 g/mol. The van der Waals surface area contributed by atoms with Crippen LogP contribution in [0.4, 0.5) is 5.82 Å². The number of nitrogens with zero attached hydrogens (tertiary/aromatic N) is 4. The molecule has 0 unspecified atom stereocenters. The van der Waals surface area contributed by atoms with Gasteiger partial charge < -0.3 is 29.4 Å². The Bertz CT molecular complexity index is 806. The van der Waals surface area contributed by atoms with Gasteiger partial charge in [-0.15, -0.1) is 0 Å². The molecule has 2 aromatic rings. The lowest BCUT2D eigenvalue weighted by molar-refractivity contribution is -0.259. The zero-order valence-electron chi connectivity index (χ0n) is 14.6. The van der Waals surface area contributed by atoms with Crippen LogP contribution in [0.1, 0.15) is 20.3 Å². The van der Waals surface area contributed by atoms with Gasteiger partial charge in [-0.25, -0.2) is 15.0 Å². The van der Waals surface area contributed by atoms with Crippen LogP contribution in [0.3, 0.4) is 0 Å². The Labute approximate surface area is 150 Å². The molecule has 3 heterocycles. The Morgan fingerprint density at radius 1 is 1.38 bits per heavy atom. The average Bonchev–Trinajstić information content (AvgIpc) is 3.19. The van der Waals surface area contributed by atoms with Crippen molar-refractivity contribution in [3.8, 4) is 0 Å². The number of rotatable bonds is 8. The van der Waals surface area contributed by atoms with Crippen LogP contribution < -0.4 is 5.73 Å². The van der Waals surface area contributed by atoms with Crippen molar-refractivity contribution < 1.29 is 28.2 Å². The molecule has 1 fully saturated rings. The summed E-state index contributed by atoms with van der Waals surface area (Å²) in [6.45, 7) is 3.86. The second kappa shape index (κ2) is 7.55. The van der Waals surface area contributed by atoms with Gasteiger partial charge in [0.15, 0.2) is 17.8 Å². The maximum absolute atomic E-state index is 12.7. The highest BCUT2D eigenvalue weighted by Crippen LogP contribution is 2.50. The molecule has 3 N–H and O–H groups in total. The molecule has 1 saturated heterocycles. The van der Waals surface area contributed by atoms with E-state index in [1.54, 1.807) is 13.8 Å². The first-order valence-corrected chi connectivity index (χ1v) is 9.94. The van der Waals surface area contributed by atoms with Crippen molar-refractivity contribution >= 4 is 24.6 Å². The van der Waals surface area contributed by atoms with Gasteiger partial charge in [-0.2, -0.15) is 0 Å². The van der Waals surface area contributed by atoms with Gasteiger partial charge >= 0.3 is 7.60 Å². The molecule has 144 valence electrons. The Morgan fingerprint density at radius 2 is 2.12 bits per heavy atom. The lowest BCUT2D eigenvalue weighted by Gasteiger charge is -2.31. The van der Waals surface area contributed by atoms with Crippen molar-refractivity contribution in [3.63, 3.8) is 0 Å². The van der Waals surface area contributed by atoms with E-state index in [1.807, 2.05) is 0 Å². The van der Waals surface area contributed by atoms with Crippen LogP contribution in [0.25, 0.3) is 11.2 Å². The van der Waals surface area contributed by atoms with Crippen LogP contribution in [0.15, 0.2) is 12.7 Å². The van der Waals surface area contributed by atoms with Crippen molar-refractivity contribution in [1.29, 1.82) is 0 Å². The van der Waals surface area contributed by atoms with Crippen LogP contribution in [0, 0.1) is 0 Å². The quantitative estimate of drug-likeness (QED) is 0.630. The summed E-state index contributed by atoms with van der Waals surface area (Å²) in [5, 5.41) is 10.00. The van der Waals surface area contributed by atoms with E-state index in [0.717, 1.165) is 0 Å². The summed E-state index contributed by atoms with van der Waals surface area (Å²) in [6, 6.07) is 0. The molecule has 0 spiro atoms. The van der Waals surface area contributed by atoms with E-state index in [0.29, 0.717) is 11.2 Å². The van der Waals surface area contributed by atoms with Crippen molar-refractivity contribution in [2.24, 2.45) is 0 Å². The van der Waals surface area contributed by atoms with E-state index in [2.05, 4.69) is 15.0 Å². The molecule has 0 saturated carbocycles. The molecular weight excluding hydrogens is 365 g/mol. The first-order valence-electron chi connectivity index (χ1n) is 8.21. The maximum Gasteiger partial charge on any atom is 0.356 e. The summed E-state index contributed by atoms with van der Waals surface area (Å²) in [6.07, 6.45) is 1.67. The zero-order valence-corrected chi connectivity index (χ0v) is 15.5. The van der Waals surface area contributed by atoms with Crippen molar-refractivity contribution in [2.45, 2.75) is 32.3 Å². The third kappa shape index (κ3) is 3.59. The average molecular weight is 387 g/mol. The Kier molecular flexibility index (Phi) is 5.56. The van der Waals surface area contributed by atoms with Crippen molar-refractivity contribution in [1.82, 2.24) is 19.5 Å². The van der Waals surface area contributed by atoms with Gasteiger partial charge in [0.1, 0.15) is 18.2 Å². The van der Waals surface area contributed by atoms with Gasteiger partial charge in [0, 0.05) is 0 Å². The lowest BCUT2D eigenvalue weighted by atomic mass is 10.2. The minimum Gasteiger partial charge on any atom is -0.390 e. The third-order valence-corrected chi connectivity index (χ3v) is 5.57. The van der Waals surface area contributed by atoms with Gasteiger partial charge in [-0.3, -0.25) is 9.13 Å². The predicted octanol–water partition coefficient (Wildman–Crippen LogP) is 1.04. The molecule has 0 radical (unpaired) electrons. The number of anilines is 1. The van der Waals surface area contributed by atoms with Gasteiger partial charge in [0.05, 0.1) is 32.3 Å². The number of aliphatic hydroxyl groups excluding tert-OH is 1. The normalized spacial score (nSPS) is 23.7. The van der Waals surface area contributed by atoms with Crippen LogP contribution in [0.2, 0.25) is 0 Å².